The van der Waals surface area contributed by atoms with Gasteiger partial charge in [0.25, 0.3) is 0 Å². The lowest BCUT2D eigenvalue weighted by Gasteiger charge is -2.20. The second-order valence-corrected chi connectivity index (χ2v) is 6.58. The lowest BCUT2D eigenvalue weighted by Crippen LogP contribution is -2.31. The molecule has 0 saturated carbocycles. The minimum atomic E-state index is -4.37. The first-order chi connectivity index (χ1) is 12.3. The van der Waals surface area contributed by atoms with Gasteiger partial charge in [0, 0.05) is 31.5 Å². The van der Waals surface area contributed by atoms with Crippen LogP contribution >= 0.6 is 0 Å². The smallest absolute Gasteiger partial charge is 0.352 e. The van der Waals surface area contributed by atoms with E-state index in [0.29, 0.717) is 25.1 Å². The molecule has 2 aromatic rings. The molecule has 4 nitrogen and oxygen atoms in total. The molecule has 1 N–H and O–H groups in total. The van der Waals surface area contributed by atoms with E-state index in [0.717, 1.165) is 11.6 Å². The zero-order valence-electron chi connectivity index (χ0n) is 14.3. The number of hydrogen-bond donors (Lipinski definition) is 1. The number of nitrogens with one attached hydrogen (secondary N) is 1. The van der Waals surface area contributed by atoms with Crippen molar-refractivity contribution in [2.75, 3.05) is 13.6 Å². The van der Waals surface area contributed by atoms with Crippen molar-refractivity contribution in [1.82, 2.24) is 15.2 Å². The van der Waals surface area contributed by atoms with E-state index in [2.05, 4.69) is 10.3 Å². The van der Waals surface area contributed by atoms with E-state index in [1.54, 1.807) is 18.5 Å². The first-order valence-electron chi connectivity index (χ1n) is 8.38. The van der Waals surface area contributed by atoms with Crippen LogP contribution in [0.2, 0.25) is 0 Å². The van der Waals surface area contributed by atoms with Crippen LogP contribution in [0.15, 0.2) is 48.8 Å². The predicted molar refractivity (Wildman–Crippen MR) is 91.0 cm³/mol. The number of aromatic nitrogens is 1. The van der Waals surface area contributed by atoms with Crippen LogP contribution < -0.4 is 5.32 Å². The number of pyridine rings is 1. The summed E-state index contributed by atoms with van der Waals surface area (Å²) >= 11 is 0. The van der Waals surface area contributed by atoms with Crippen molar-refractivity contribution in [3.63, 3.8) is 0 Å². The first kappa shape index (κ1) is 18.4. The van der Waals surface area contributed by atoms with Crippen LogP contribution in [0.25, 0.3) is 0 Å². The predicted octanol–water partition coefficient (Wildman–Crippen LogP) is 3.41. The molecule has 0 aliphatic carbocycles. The van der Waals surface area contributed by atoms with Crippen LogP contribution in [0.5, 0.6) is 0 Å². The van der Waals surface area contributed by atoms with Crippen molar-refractivity contribution in [2.24, 2.45) is 5.92 Å². The highest BCUT2D eigenvalue weighted by atomic mass is 19.4. The lowest BCUT2D eigenvalue weighted by atomic mass is 9.97. The Hall–Kier alpha value is -2.41. The number of benzene rings is 1. The summed E-state index contributed by atoms with van der Waals surface area (Å²) < 4.78 is 38.8. The van der Waals surface area contributed by atoms with Gasteiger partial charge in [0.1, 0.15) is 0 Å². The number of amides is 1. The summed E-state index contributed by atoms with van der Waals surface area (Å²) in [4.78, 5) is 18.3. The zero-order chi connectivity index (χ0) is 18.7. The largest absolute Gasteiger partial charge is 0.416 e. The fourth-order valence-corrected chi connectivity index (χ4v) is 3.34. The molecule has 0 unspecified atom stereocenters. The number of rotatable bonds is 4. The average molecular weight is 363 g/mol. The summed E-state index contributed by atoms with van der Waals surface area (Å²) in [7, 11) is 1.83. The van der Waals surface area contributed by atoms with E-state index in [1.165, 1.54) is 12.1 Å². The van der Waals surface area contributed by atoms with Gasteiger partial charge < -0.3 is 5.32 Å². The zero-order valence-corrected chi connectivity index (χ0v) is 14.3. The molecular formula is C19H20F3N3O. The molecule has 26 heavy (non-hydrogen) atoms. The Labute approximate surface area is 150 Å². The maximum Gasteiger partial charge on any atom is 0.416 e. The monoisotopic (exact) mass is 363 g/mol. The van der Waals surface area contributed by atoms with E-state index in [9.17, 15) is 18.0 Å². The third kappa shape index (κ3) is 4.22. The quantitative estimate of drug-likeness (QED) is 0.906. The van der Waals surface area contributed by atoms with Gasteiger partial charge in [0.05, 0.1) is 11.5 Å². The molecule has 0 bridgehead atoms. The molecule has 1 aliphatic rings. The van der Waals surface area contributed by atoms with Crippen molar-refractivity contribution < 1.29 is 18.0 Å². The Balaban J connectivity index is 1.65. The highest BCUT2D eigenvalue weighted by molar-refractivity contribution is 5.79. The Morgan fingerprint density at radius 1 is 1.27 bits per heavy atom. The molecule has 1 saturated heterocycles. The second-order valence-electron chi connectivity index (χ2n) is 6.58. The summed E-state index contributed by atoms with van der Waals surface area (Å²) in [6.45, 7) is 0.929. The summed E-state index contributed by atoms with van der Waals surface area (Å²) in [6, 6.07) is 8.81. The van der Waals surface area contributed by atoms with Crippen LogP contribution in [0.3, 0.4) is 0 Å². The van der Waals surface area contributed by atoms with Gasteiger partial charge in [-0.1, -0.05) is 12.1 Å². The minimum Gasteiger partial charge on any atom is -0.352 e. The Kier molecular flexibility index (Phi) is 5.27. The van der Waals surface area contributed by atoms with E-state index in [4.69, 9.17) is 0 Å². The second kappa shape index (κ2) is 7.45. The molecule has 1 aliphatic heterocycles. The van der Waals surface area contributed by atoms with Crippen LogP contribution in [-0.4, -0.2) is 29.4 Å². The molecule has 1 fully saturated rings. The van der Waals surface area contributed by atoms with Crippen LogP contribution in [0, 0.1) is 5.92 Å². The van der Waals surface area contributed by atoms with E-state index < -0.39 is 11.7 Å². The minimum absolute atomic E-state index is 0.0804. The third-order valence-corrected chi connectivity index (χ3v) is 4.73. The number of carbonyl (C=O) groups excluding carboxylic acids is 1. The normalized spacial score (nSPS) is 20.9. The van der Waals surface area contributed by atoms with Crippen molar-refractivity contribution in [1.29, 1.82) is 0 Å². The summed E-state index contributed by atoms with van der Waals surface area (Å²) in [5, 5.41) is 2.90. The van der Waals surface area contributed by atoms with E-state index in [1.807, 2.05) is 24.1 Å². The molecule has 1 amide bonds. The van der Waals surface area contributed by atoms with Gasteiger partial charge in [-0.05, 0) is 48.9 Å². The molecule has 0 radical (unpaired) electrons. The Bertz CT molecular complexity index is 764. The average Bonchev–Trinajstić information content (AvgIpc) is 3.02. The van der Waals surface area contributed by atoms with Crippen molar-refractivity contribution in [3.05, 3.63) is 65.5 Å². The fourth-order valence-electron chi connectivity index (χ4n) is 3.34. The third-order valence-electron chi connectivity index (χ3n) is 4.73. The SMILES string of the molecule is CN1C[C@H](C(=O)NCc2ccncc2)C[C@H]1c1cccc(C(F)(F)F)c1. The van der Waals surface area contributed by atoms with Crippen LogP contribution in [0.1, 0.15) is 29.2 Å². The Morgan fingerprint density at radius 2 is 2.00 bits per heavy atom. The number of nitrogens with zero attached hydrogens (tertiary/aromatic N) is 2. The summed E-state index contributed by atoms with van der Waals surface area (Å²) in [5.74, 6) is -0.329. The maximum atomic E-state index is 12.9. The molecule has 1 aromatic carbocycles. The summed E-state index contributed by atoms with van der Waals surface area (Å²) in [6.07, 6.45) is -0.544. The maximum absolute atomic E-state index is 12.9. The lowest BCUT2D eigenvalue weighted by molar-refractivity contribution is -0.137. The van der Waals surface area contributed by atoms with Gasteiger partial charge >= 0.3 is 6.18 Å². The van der Waals surface area contributed by atoms with Gasteiger partial charge in [0.2, 0.25) is 5.91 Å². The standard InChI is InChI=1S/C19H20F3N3O/c1-25-12-15(18(26)24-11-13-5-7-23-8-6-13)10-17(25)14-3-2-4-16(9-14)19(20,21)22/h2-9,15,17H,10-12H2,1H3,(H,24,26)/t15-,17+/m1/s1. The van der Waals surface area contributed by atoms with Gasteiger partial charge in [-0.2, -0.15) is 13.2 Å². The molecule has 2 atom stereocenters. The fraction of sp³-hybridized carbons (Fsp3) is 0.368. The molecule has 0 spiro atoms. The molecule has 2 heterocycles. The number of halogens is 3. The topological polar surface area (TPSA) is 45.2 Å². The van der Waals surface area contributed by atoms with Crippen LogP contribution in [-0.2, 0) is 17.5 Å². The summed E-state index contributed by atoms with van der Waals surface area (Å²) in [5.41, 5.74) is 0.884. The van der Waals surface area contributed by atoms with Gasteiger partial charge in [0.15, 0.2) is 0 Å². The number of likely N-dealkylation sites (tertiary alicyclic amines) is 1. The molecule has 1 aromatic heterocycles. The molecule has 3 rings (SSSR count). The van der Waals surface area contributed by atoms with Gasteiger partial charge in [-0.25, -0.2) is 0 Å². The number of carbonyl (C=O) groups is 1. The van der Waals surface area contributed by atoms with Crippen molar-refractivity contribution >= 4 is 5.91 Å². The number of hydrogen-bond acceptors (Lipinski definition) is 3. The number of alkyl halides is 3. The molecular weight excluding hydrogens is 343 g/mol. The molecule has 7 heteroatoms. The molecule has 138 valence electrons. The van der Waals surface area contributed by atoms with Crippen molar-refractivity contribution in [3.8, 4) is 0 Å². The van der Waals surface area contributed by atoms with E-state index >= 15 is 0 Å². The van der Waals surface area contributed by atoms with Crippen LogP contribution in [0.4, 0.5) is 13.2 Å². The highest BCUT2D eigenvalue weighted by Gasteiger charge is 2.36. The highest BCUT2D eigenvalue weighted by Crippen LogP contribution is 2.37. The van der Waals surface area contributed by atoms with E-state index in [-0.39, 0.29) is 17.9 Å². The van der Waals surface area contributed by atoms with Gasteiger partial charge in [-0.15, -0.1) is 0 Å². The first-order valence-corrected chi connectivity index (χ1v) is 8.38. The van der Waals surface area contributed by atoms with Gasteiger partial charge in [-0.3, -0.25) is 14.7 Å². The Morgan fingerprint density at radius 3 is 2.69 bits per heavy atom. The van der Waals surface area contributed by atoms with Crippen molar-refractivity contribution in [2.45, 2.75) is 25.2 Å².